The SMILES string of the molecule is CCNC(=O)NC(=O)C(C)N(C)Cc1cccc(F)c1. The van der Waals surface area contributed by atoms with Gasteiger partial charge in [-0.25, -0.2) is 9.18 Å². The van der Waals surface area contributed by atoms with Crippen molar-refractivity contribution in [1.29, 1.82) is 0 Å². The Kier molecular flexibility index (Phi) is 6.11. The molecule has 0 saturated heterocycles. The van der Waals surface area contributed by atoms with Crippen molar-refractivity contribution in [2.75, 3.05) is 13.6 Å². The third-order valence-electron chi connectivity index (χ3n) is 2.94. The number of halogens is 1. The van der Waals surface area contributed by atoms with Crippen LogP contribution in [-0.2, 0) is 11.3 Å². The number of rotatable bonds is 5. The number of urea groups is 1. The fraction of sp³-hybridized carbons (Fsp3) is 0.429. The van der Waals surface area contributed by atoms with Gasteiger partial charge in [0.2, 0.25) is 5.91 Å². The number of carbonyl (C=O) groups excluding carboxylic acids is 2. The standard InChI is InChI=1S/C14H20FN3O2/c1-4-16-14(20)17-13(19)10(2)18(3)9-11-6-5-7-12(15)8-11/h5-8,10H,4,9H2,1-3H3,(H2,16,17,19,20). The van der Waals surface area contributed by atoms with Crippen molar-refractivity contribution in [1.82, 2.24) is 15.5 Å². The van der Waals surface area contributed by atoms with Gasteiger partial charge < -0.3 is 5.32 Å². The number of amides is 3. The molecule has 0 spiro atoms. The van der Waals surface area contributed by atoms with Gasteiger partial charge in [-0.3, -0.25) is 15.0 Å². The highest BCUT2D eigenvalue weighted by Gasteiger charge is 2.19. The highest BCUT2D eigenvalue weighted by molar-refractivity contribution is 5.96. The molecule has 20 heavy (non-hydrogen) atoms. The maximum atomic E-state index is 13.1. The molecule has 0 aliphatic heterocycles. The number of imide groups is 1. The number of hydrogen-bond donors (Lipinski definition) is 2. The van der Waals surface area contributed by atoms with Crippen molar-refractivity contribution in [3.8, 4) is 0 Å². The topological polar surface area (TPSA) is 61.4 Å². The second-order valence-electron chi connectivity index (χ2n) is 4.57. The van der Waals surface area contributed by atoms with Crippen molar-refractivity contribution in [2.45, 2.75) is 26.4 Å². The van der Waals surface area contributed by atoms with Crippen LogP contribution in [0.3, 0.4) is 0 Å². The van der Waals surface area contributed by atoms with Gasteiger partial charge in [-0.1, -0.05) is 12.1 Å². The number of benzene rings is 1. The Labute approximate surface area is 118 Å². The van der Waals surface area contributed by atoms with Crippen molar-refractivity contribution < 1.29 is 14.0 Å². The van der Waals surface area contributed by atoms with Crippen LogP contribution in [0.4, 0.5) is 9.18 Å². The molecule has 110 valence electrons. The molecule has 1 rings (SSSR count). The predicted molar refractivity (Wildman–Crippen MR) is 74.5 cm³/mol. The largest absolute Gasteiger partial charge is 0.338 e. The third kappa shape index (κ3) is 4.97. The molecule has 1 aromatic rings. The van der Waals surface area contributed by atoms with E-state index >= 15 is 0 Å². The summed E-state index contributed by atoms with van der Waals surface area (Å²) >= 11 is 0. The van der Waals surface area contributed by atoms with Crippen molar-refractivity contribution >= 4 is 11.9 Å². The van der Waals surface area contributed by atoms with E-state index in [-0.39, 0.29) is 5.82 Å². The lowest BCUT2D eigenvalue weighted by Crippen LogP contribution is -2.48. The molecule has 6 heteroatoms. The lowest BCUT2D eigenvalue weighted by atomic mass is 10.2. The summed E-state index contributed by atoms with van der Waals surface area (Å²) in [6.45, 7) is 4.33. The van der Waals surface area contributed by atoms with Gasteiger partial charge in [-0.15, -0.1) is 0 Å². The first kappa shape index (κ1) is 16.1. The van der Waals surface area contributed by atoms with E-state index in [0.717, 1.165) is 5.56 Å². The summed E-state index contributed by atoms with van der Waals surface area (Å²) in [6.07, 6.45) is 0. The Balaban J connectivity index is 2.55. The highest BCUT2D eigenvalue weighted by Crippen LogP contribution is 2.08. The van der Waals surface area contributed by atoms with Crippen molar-refractivity contribution in [3.05, 3.63) is 35.6 Å². The molecule has 0 aliphatic carbocycles. The van der Waals surface area contributed by atoms with Gasteiger partial charge in [0, 0.05) is 13.1 Å². The average molecular weight is 281 g/mol. The van der Waals surface area contributed by atoms with Crippen LogP contribution in [0.2, 0.25) is 0 Å². The van der Waals surface area contributed by atoms with E-state index in [1.807, 2.05) is 0 Å². The van der Waals surface area contributed by atoms with Crippen molar-refractivity contribution in [3.63, 3.8) is 0 Å². The molecule has 0 saturated carbocycles. The minimum atomic E-state index is -0.511. The molecule has 1 aromatic carbocycles. The Morgan fingerprint density at radius 3 is 2.70 bits per heavy atom. The third-order valence-corrected chi connectivity index (χ3v) is 2.94. The zero-order valence-electron chi connectivity index (χ0n) is 11.9. The van der Waals surface area contributed by atoms with E-state index in [2.05, 4.69) is 10.6 Å². The highest BCUT2D eigenvalue weighted by atomic mass is 19.1. The van der Waals surface area contributed by atoms with E-state index in [1.54, 1.807) is 37.9 Å². The summed E-state index contributed by atoms with van der Waals surface area (Å²) in [7, 11) is 1.74. The fourth-order valence-corrected chi connectivity index (χ4v) is 1.68. The smallest absolute Gasteiger partial charge is 0.321 e. The summed E-state index contributed by atoms with van der Waals surface area (Å²) in [5.41, 5.74) is 0.769. The van der Waals surface area contributed by atoms with Gasteiger partial charge in [0.15, 0.2) is 0 Å². The molecule has 0 aromatic heterocycles. The van der Waals surface area contributed by atoms with Crippen LogP contribution in [0.25, 0.3) is 0 Å². The number of nitrogens with one attached hydrogen (secondary N) is 2. The second-order valence-corrected chi connectivity index (χ2v) is 4.57. The van der Waals surface area contributed by atoms with Crippen LogP contribution in [0.5, 0.6) is 0 Å². The molecular weight excluding hydrogens is 261 g/mol. The van der Waals surface area contributed by atoms with E-state index in [4.69, 9.17) is 0 Å². The molecule has 0 fully saturated rings. The van der Waals surface area contributed by atoms with Gasteiger partial charge in [0.05, 0.1) is 6.04 Å². The Morgan fingerprint density at radius 1 is 1.40 bits per heavy atom. The first-order valence-electron chi connectivity index (χ1n) is 6.47. The van der Waals surface area contributed by atoms with Crippen LogP contribution in [-0.4, -0.2) is 36.5 Å². The number of carbonyl (C=O) groups is 2. The molecule has 0 bridgehead atoms. The van der Waals surface area contributed by atoms with E-state index < -0.39 is 18.0 Å². The molecule has 2 N–H and O–H groups in total. The molecule has 1 atom stereocenters. The van der Waals surface area contributed by atoms with Crippen LogP contribution >= 0.6 is 0 Å². The van der Waals surface area contributed by atoms with Crippen LogP contribution < -0.4 is 10.6 Å². The summed E-state index contributed by atoms with van der Waals surface area (Å²) in [5, 5.41) is 4.74. The molecule has 1 unspecified atom stereocenters. The predicted octanol–water partition coefficient (Wildman–Crippen LogP) is 1.49. The maximum Gasteiger partial charge on any atom is 0.321 e. The van der Waals surface area contributed by atoms with Gasteiger partial charge in [0.1, 0.15) is 5.82 Å². The summed E-state index contributed by atoms with van der Waals surface area (Å²) in [4.78, 5) is 24.9. The zero-order chi connectivity index (χ0) is 15.1. The minimum Gasteiger partial charge on any atom is -0.338 e. The molecule has 0 aliphatic rings. The molecule has 0 radical (unpaired) electrons. The second kappa shape index (κ2) is 7.59. The summed E-state index contributed by atoms with van der Waals surface area (Å²) in [5.74, 6) is -0.704. The van der Waals surface area contributed by atoms with Crippen LogP contribution in [0.15, 0.2) is 24.3 Å². The van der Waals surface area contributed by atoms with Gasteiger partial charge in [-0.05, 0) is 38.6 Å². The van der Waals surface area contributed by atoms with E-state index in [1.165, 1.54) is 12.1 Å². The fourth-order valence-electron chi connectivity index (χ4n) is 1.68. The monoisotopic (exact) mass is 281 g/mol. The first-order valence-corrected chi connectivity index (χ1v) is 6.47. The number of hydrogen-bond acceptors (Lipinski definition) is 3. The summed E-state index contributed by atoms with van der Waals surface area (Å²) < 4.78 is 13.1. The quantitative estimate of drug-likeness (QED) is 0.859. The number of nitrogens with zero attached hydrogens (tertiary/aromatic N) is 1. The van der Waals surface area contributed by atoms with E-state index in [9.17, 15) is 14.0 Å². The molecule has 3 amide bonds. The number of likely N-dealkylation sites (N-methyl/N-ethyl adjacent to an activating group) is 1. The van der Waals surface area contributed by atoms with Gasteiger partial charge in [-0.2, -0.15) is 0 Å². The van der Waals surface area contributed by atoms with Crippen LogP contribution in [0.1, 0.15) is 19.4 Å². The normalized spacial score (nSPS) is 12.1. The average Bonchev–Trinajstić information content (AvgIpc) is 2.37. The first-order chi connectivity index (χ1) is 9.43. The van der Waals surface area contributed by atoms with Crippen molar-refractivity contribution in [2.24, 2.45) is 0 Å². The summed E-state index contributed by atoms with van der Waals surface area (Å²) in [6, 6.07) is 5.19. The zero-order valence-corrected chi connectivity index (χ0v) is 11.9. The van der Waals surface area contributed by atoms with Crippen LogP contribution in [0, 0.1) is 5.82 Å². The Hall–Kier alpha value is -1.95. The van der Waals surface area contributed by atoms with Gasteiger partial charge in [0.25, 0.3) is 0 Å². The Morgan fingerprint density at radius 2 is 2.10 bits per heavy atom. The molecular formula is C14H20FN3O2. The van der Waals surface area contributed by atoms with E-state index in [0.29, 0.717) is 13.1 Å². The lowest BCUT2D eigenvalue weighted by Gasteiger charge is -2.23. The lowest BCUT2D eigenvalue weighted by molar-refractivity contribution is -0.124. The molecule has 0 heterocycles. The minimum absolute atomic E-state index is 0.310. The maximum absolute atomic E-state index is 13.1. The van der Waals surface area contributed by atoms with Gasteiger partial charge >= 0.3 is 6.03 Å². The Bertz CT molecular complexity index is 479. The molecule has 5 nitrogen and oxygen atoms in total.